The van der Waals surface area contributed by atoms with Crippen LogP contribution >= 0.6 is 0 Å². The number of hydrogen-bond donors (Lipinski definition) is 0. The van der Waals surface area contributed by atoms with Crippen molar-refractivity contribution in [3.63, 3.8) is 0 Å². The van der Waals surface area contributed by atoms with Crippen LogP contribution in [0.1, 0.15) is 74.1 Å². The number of piperidine rings is 1. The Balaban J connectivity index is 1.55. The van der Waals surface area contributed by atoms with Crippen LogP contribution in [-0.4, -0.2) is 18.0 Å². The molecule has 1 heterocycles. The Morgan fingerprint density at radius 3 is 1.87 bits per heavy atom. The minimum Gasteiger partial charge on any atom is -0.294 e. The number of halogens is 6. The second-order valence-electron chi connectivity index (χ2n) is 11.6. The predicted molar refractivity (Wildman–Crippen MR) is 142 cm³/mol. The minimum atomic E-state index is -4.87. The Hall–Kier alpha value is -2.54. The zero-order valence-corrected chi connectivity index (χ0v) is 22.2. The summed E-state index contributed by atoms with van der Waals surface area (Å²) in [5.74, 6) is 1.35. The van der Waals surface area contributed by atoms with Gasteiger partial charge in [-0.1, -0.05) is 74.6 Å². The normalized spacial score (nSPS) is 20.3. The molecule has 1 atom stereocenters. The summed E-state index contributed by atoms with van der Waals surface area (Å²) in [5, 5.41) is 1.97. The van der Waals surface area contributed by atoms with Crippen LogP contribution in [0.4, 0.5) is 26.3 Å². The topological polar surface area (TPSA) is 3.24 Å². The Morgan fingerprint density at radius 2 is 1.26 bits per heavy atom. The van der Waals surface area contributed by atoms with Gasteiger partial charge in [0.2, 0.25) is 0 Å². The number of rotatable bonds is 5. The summed E-state index contributed by atoms with van der Waals surface area (Å²) in [6.07, 6.45) is -1.33. The molecule has 2 aliphatic rings. The molecule has 0 radical (unpaired) electrons. The second-order valence-corrected chi connectivity index (χ2v) is 11.6. The first-order valence-electron chi connectivity index (χ1n) is 14.0. The van der Waals surface area contributed by atoms with Gasteiger partial charge in [-0.05, 0) is 91.2 Å². The lowest BCUT2D eigenvalue weighted by Gasteiger charge is -2.47. The van der Waals surface area contributed by atoms with Gasteiger partial charge in [0.1, 0.15) is 0 Å². The van der Waals surface area contributed by atoms with Crippen LogP contribution in [0.15, 0.2) is 60.7 Å². The van der Waals surface area contributed by atoms with Crippen molar-refractivity contribution in [2.75, 3.05) is 13.1 Å². The Kier molecular flexibility index (Phi) is 7.75. The third-order valence-electron chi connectivity index (χ3n) is 9.12. The quantitative estimate of drug-likeness (QED) is 0.288. The van der Waals surface area contributed by atoms with Gasteiger partial charge in [0.15, 0.2) is 0 Å². The zero-order chi connectivity index (χ0) is 27.8. The first-order chi connectivity index (χ1) is 18.4. The van der Waals surface area contributed by atoms with E-state index in [9.17, 15) is 26.3 Å². The number of nitrogens with zero attached hydrogens (tertiary/aromatic N) is 1. The number of likely N-dealkylation sites (tertiary alicyclic amines) is 1. The summed E-state index contributed by atoms with van der Waals surface area (Å²) in [4.78, 5) is 2.31. The smallest absolute Gasteiger partial charge is 0.294 e. The van der Waals surface area contributed by atoms with Crippen molar-refractivity contribution < 1.29 is 26.3 Å². The molecule has 3 aromatic carbocycles. The van der Waals surface area contributed by atoms with Gasteiger partial charge in [-0.15, -0.1) is 0 Å². The van der Waals surface area contributed by atoms with Gasteiger partial charge in [0.05, 0.1) is 11.1 Å². The number of fused-ring (bicyclic) bond motifs is 1. The van der Waals surface area contributed by atoms with Crippen molar-refractivity contribution >= 4 is 10.8 Å². The van der Waals surface area contributed by atoms with E-state index in [0.29, 0.717) is 5.92 Å². The van der Waals surface area contributed by atoms with E-state index in [0.717, 1.165) is 60.3 Å². The maximum absolute atomic E-state index is 13.7. The molecule has 2 fully saturated rings. The van der Waals surface area contributed by atoms with Crippen LogP contribution in [0.25, 0.3) is 10.8 Å². The maximum atomic E-state index is 13.7. The second kappa shape index (κ2) is 10.8. The molecule has 1 aliphatic carbocycles. The maximum Gasteiger partial charge on any atom is 0.416 e. The summed E-state index contributed by atoms with van der Waals surface area (Å²) in [6, 6.07) is 15.7. The highest BCUT2D eigenvalue weighted by atomic mass is 19.4. The molecule has 7 heteroatoms. The van der Waals surface area contributed by atoms with Crippen LogP contribution in [-0.2, 0) is 24.3 Å². The van der Waals surface area contributed by atoms with Crippen LogP contribution < -0.4 is 0 Å². The molecule has 1 aliphatic heterocycles. The van der Waals surface area contributed by atoms with Gasteiger partial charge in [-0.25, -0.2) is 0 Å². The number of hydrogen-bond acceptors (Lipinski definition) is 1. The molecule has 210 valence electrons. The van der Waals surface area contributed by atoms with Crippen molar-refractivity contribution in [2.24, 2.45) is 11.8 Å². The number of alkyl halides is 6. The van der Waals surface area contributed by atoms with Gasteiger partial charge in [-0.3, -0.25) is 4.90 Å². The van der Waals surface area contributed by atoms with E-state index in [1.54, 1.807) is 0 Å². The van der Waals surface area contributed by atoms with Crippen LogP contribution in [0.3, 0.4) is 0 Å². The molecule has 1 saturated heterocycles. The van der Waals surface area contributed by atoms with Crippen molar-refractivity contribution in [3.05, 3.63) is 82.9 Å². The zero-order valence-electron chi connectivity index (χ0n) is 22.2. The van der Waals surface area contributed by atoms with E-state index in [-0.39, 0.29) is 18.1 Å². The number of benzene rings is 3. The van der Waals surface area contributed by atoms with E-state index in [1.165, 1.54) is 32.1 Å². The molecule has 0 amide bonds. The standard InChI is InChI=1S/C32H35F6N/c1-30(29-13-7-11-25-10-5-6-12-28(25)29,39-16-14-24(15-17-39)23-8-3-2-4-9-23)21-22-18-26(31(33,34)35)20-27(19-22)32(36,37)38/h5-7,10-13,18-20,23-24H,2-4,8-9,14-17,21H2,1H3. The fourth-order valence-corrected chi connectivity index (χ4v) is 7.06. The van der Waals surface area contributed by atoms with Crippen LogP contribution in [0, 0.1) is 11.8 Å². The first kappa shape index (κ1) is 28.0. The van der Waals surface area contributed by atoms with Gasteiger partial charge in [0, 0.05) is 5.54 Å². The summed E-state index contributed by atoms with van der Waals surface area (Å²) in [7, 11) is 0. The summed E-state index contributed by atoms with van der Waals surface area (Å²) < 4.78 is 82.2. The largest absolute Gasteiger partial charge is 0.416 e. The lowest BCUT2D eigenvalue weighted by molar-refractivity contribution is -0.143. The minimum absolute atomic E-state index is 0.0435. The fraction of sp³-hybridized carbons (Fsp3) is 0.500. The summed E-state index contributed by atoms with van der Waals surface area (Å²) in [6.45, 7) is 3.53. The molecule has 39 heavy (non-hydrogen) atoms. The highest BCUT2D eigenvalue weighted by Crippen LogP contribution is 2.43. The van der Waals surface area contributed by atoms with E-state index in [2.05, 4.69) is 4.90 Å². The molecule has 0 bridgehead atoms. The molecule has 5 rings (SSSR count). The molecule has 3 aromatic rings. The Bertz CT molecular complexity index is 1240. The SMILES string of the molecule is CC(Cc1cc(C(F)(F)F)cc(C(F)(F)F)c1)(c1cccc2ccccc12)N1CCC(C2CCCCC2)CC1. The third kappa shape index (κ3) is 5.98. The molecular weight excluding hydrogens is 512 g/mol. The van der Waals surface area contributed by atoms with Crippen molar-refractivity contribution in [3.8, 4) is 0 Å². The first-order valence-corrected chi connectivity index (χ1v) is 14.0. The average molecular weight is 548 g/mol. The molecule has 0 aromatic heterocycles. The molecule has 0 spiro atoms. The van der Waals surface area contributed by atoms with E-state index in [1.807, 2.05) is 49.4 Å². The lowest BCUT2D eigenvalue weighted by atomic mass is 9.74. The van der Waals surface area contributed by atoms with E-state index < -0.39 is 29.0 Å². The van der Waals surface area contributed by atoms with Gasteiger partial charge in [0.25, 0.3) is 0 Å². The van der Waals surface area contributed by atoms with Crippen LogP contribution in [0.5, 0.6) is 0 Å². The molecule has 1 unspecified atom stereocenters. The van der Waals surface area contributed by atoms with E-state index in [4.69, 9.17) is 0 Å². The van der Waals surface area contributed by atoms with Crippen molar-refractivity contribution in [1.29, 1.82) is 0 Å². The highest BCUT2D eigenvalue weighted by molar-refractivity contribution is 5.86. The van der Waals surface area contributed by atoms with Gasteiger partial charge >= 0.3 is 12.4 Å². The van der Waals surface area contributed by atoms with Crippen molar-refractivity contribution in [1.82, 2.24) is 4.90 Å². The molecule has 0 N–H and O–H groups in total. The molecular formula is C32H35F6N. The Labute approximate surface area is 226 Å². The molecule has 1 saturated carbocycles. The Morgan fingerprint density at radius 1 is 0.692 bits per heavy atom. The van der Waals surface area contributed by atoms with Gasteiger partial charge in [-0.2, -0.15) is 26.3 Å². The molecule has 1 nitrogen and oxygen atoms in total. The highest BCUT2D eigenvalue weighted by Gasteiger charge is 2.41. The summed E-state index contributed by atoms with van der Waals surface area (Å²) in [5.41, 5.74) is -2.33. The summed E-state index contributed by atoms with van der Waals surface area (Å²) >= 11 is 0. The third-order valence-corrected chi connectivity index (χ3v) is 9.12. The predicted octanol–water partition coefficient (Wildman–Crippen LogP) is 9.63. The fourth-order valence-electron chi connectivity index (χ4n) is 7.06. The lowest BCUT2D eigenvalue weighted by Crippen LogP contribution is -2.50. The van der Waals surface area contributed by atoms with Crippen molar-refractivity contribution in [2.45, 2.75) is 76.2 Å². The van der Waals surface area contributed by atoms with Gasteiger partial charge < -0.3 is 0 Å². The average Bonchev–Trinajstić information content (AvgIpc) is 2.92. The van der Waals surface area contributed by atoms with E-state index >= 15 is 0 Å². The van der Waals surface area contributed by atoms with Crippen LogP contribution in [0.2, 0.25) is 0 Å². The monoisotopic (exact) mass is 547 g/mol.